The predicted octanol–water partition coefficient (Wildman–Crippen LogP) is 11.4. The molecule has 206 valence electrons. The van der Waals surface area contributed by atoms with Crippen molar-refractivity contribution in [2.45, 2.75) is 62.9 Å². The summed E-state index contributed by atoms with van der Waals surface area (Å²) in [5.41, 5.74) is 14.6. The molecule has 0 bridgehead atoms. The van der Waals surface area contributed by atoms with Gasteiger partial charge in [-0.1, -0.05) is 0 Å². The first-order chi connectivity index (χ1) is 19.7. The summed E-state index contributed by atoms with van der Waals surface area (Å²) in [6, 6.07) is 34.2. The molecule has 0 amide bonds. The summed E-state index contributed by atoms with van der Waals surface area (Å²) in [7, 11) is -1.89. The van der Waals surface area contributed by atoms with Crippen molar-refractivity contribution in [3.05, 3.63) is 129 Å². The molecular weight excluding hydrogens is 675 g/mol. The number of benzene rings is 4. The van der Waals surface area contributed by atoms with Gasteiger partial charge < -0.3 is 0 Å². The van der Waals surface area contributed by atoms with Crippen LogP contribution in [-0.2, 0) is 20.0 Å². The molecule has 3 aliphatic rings. The van der Waals surface area contributed by atoms with Crippen LogP contribution < -0.4 is 0 Å². The van der Waals surface area contributed by atoms with Crippen LogP contribution in [0.4, 0.5) is 0 Å². The van der Waals surface area contributed by atoms with E-state index in [2.05, 4.69) is 134 Å². The maximum absolute atomic E-state index is 3.01. The molecule has 2 unspecified atom stereocenters. The van der Waals surface area contributed by atoms with Crippen LogP contribution in [0.1, 0.15) is 60.5 Å². The number of aryl methyl sites for hydroxylation is 2. The second kappa shape index (κ2) is 10.0. The molecule has 0 saturated carbocycles. The van der Waals surface area contributed by atoms with Crippen molar-refractivity contribution in [1.82, 2.24) is 0 Å². The van der Waals surface area contributed by atoms with Gasteiger partial charge in [0.15, 0.2) is 0 Å². The number of unbranched alkanes of at least 4 members (excludes halogenated alkanes) is 1. The van der Waals surface area contributed by atoms with Crippen LogP contribution in [-0.4, -0.2) is 8.07 Å². The SMILES string of the molecule is CCCC[Si]1(C)C2=Cc3c(-c4ccc(C)cc4)cccc3[CH]2[Hf]([CH3])([CH3])[CH]2C1=Cc1c(-c3ccc(C)cc3)cccc12. The van der Waals surface area contributed by atoms with E-state index in [-0.39, 0.29) is 0 Å². The molecule has 0 N–H and O–H groups in total. The normalized spacial score (nSPS) is 23.3. The molecule has 2 aliphatic carbocycles. The molecule has 1 fully saturated rings. The molecule has 4 aromatic carbocycles. The Kier molecular flexibility index (Phi) is 6.67. The second-order valence-corrected chi connectivity index (χ2v) is 35.2. The Morgan fingerprint density at radius 1 is 0.634 bits per heavy atom. The van der Waals surface area contributed by atoms with Crippen LogP contribution in [0.5, 0.6) is 0 Å². The third-order valence-electron chi connectivity index (χ3n) is 10.6. The number of hydrogen-bond acceptors (Lipinski definition) is 0. The molecule has 2 heteroatoms. The van der Waals surface area contributed by atoms with Gasteiger partial charge in [-0.25, -0.2) is 0 Å². The fourth-order valence-electron chi connectivity index (χ4n) is 8.49. The Labute approximate surface area is 252 Å². The van der Waals surface area contributed by atoms with Gasteiger partial charge in [-0.3, -0.25) is 0 Å². The topological polar surface area (TPSA) is 0 Å². The van der Waals surface area contributed by atoms with Crippen molar-refractivity contribution in [3.63, 3.8) is 0 Å². The Bertz CT molecular complexity index is 1600. The van der Waals surface area contributed by atoms with Crippen molar-refractivity contribution < 1.29 is 20.0 Å². The van der Waals surface area contributed by atoms with E-state index in [1.54, 1.807) is 11.1 Å². The number of allylic oxidation sites excluding steroid dienone is 2. The molecule has 0 radical (unpaired) electrons. The summed E-state index contributed by atoms with van der Waals surface area (Å²) in [5.74, 6) is 0. The van der Waals surface area contributed by atoms with Crippen LogP contribution in [0.3, 0.4) is 0 Å². The van der Waals surface area contributed by atoms with E-state index >= 15 is 0 Å². The molecule has 4 aromatic rings. The van der Waals surface area contributed by atoms with Crippen LogP contribution in [0, 0.1) is 13.8 Å². The van der Waals surface area contributed by atoms with Gasteiger partial charge in [0.25, 0.3) is 0 Å². The first-order valence-electron chi connectivity index (χ1n) is 15.6. The molecule has 2 atom stereocenters. The van der Waals surface area contributed by atoms with Crippen molar-refractivity contribution in [2.75, 3.05) is 0 Å². The first-order valence-corrected chi connectivity index (χ1v) is 29.6. The zero-order valence-corrected chi connectivity index (χ0v) is 30.1. The van der Waals surface area contributed by atoms with Gasteiger partial charge in [0.1, 0.15) is 0 Å². The summed E-state index contributed by atoms with van der Waals surface area (Å²) < 4.78 is 6.96. The molecule has 1 saturated heterocycles. The molecule has 0 aromatic heterocycles. The number of hydrogen-bond donors (Lipinski definition) is 0. The Morgan fingerprint density at radius 2 is 1.07 bits per heavy atom. The summed E-state index contributed by atoms with van der Waals surface area (Å²) in [4.78, 5) is 0. The monoisotopic (exact) mass is 718 g/mol. The minimum atomic E-state index is -3.01. The number of fused-ring (bicyclic) bond motifs is 6. The van der Waals surface area contributed by atoms with E-state index < -0.39 is 28.0 Å². The third-order valence-corrected chi connectivity index (χ3v) is 32.6. The fraction of sp³-hybridized carbons (Fsp3) is 0.282. The first kappa shape index (κ1) is 27.3. The van der Waals surface area contributed by atoms with Gasteiger partial charge in [-0.05, 0) is 0 Å². The van der Waals surface area contributed by atoms with Crippen molar-refractivity contribution in [3.8, 4) is 22.3 Å². The Balaban J connectivity index is 1.44. The summed E-state index contributed by atoms with van der Waals surface area (Å²) in [5, 5.41) is 3.75. The van der Waals surface area contributed by atoms with E-state index in [0.717, 1.165) is 0 Å². The van der Waals surface area contributed by atoms with E-state index in [0.29, 0.717) is 7.35 Å². The zero-order valence-electron chi connectivity index (χ0n) is 25.5. The van der Waals surface area contributed by atoms with Crippen LogP contribution in [0.25, 0.3) is 34.4 Å². The third kappa shape index (κ3) is 4.15. The molecule has 0 nitrogen and oxygen atoms in total. The van der Waals surface area contributed by atoms with E-state index in [1.165, 1.54) is 63.4 Å². The van der Waals surface area contributed by atoms with Crippen LogP contribution >= 0.6 is 0 Å². The molecule has 1 heterocycles. The van der Waals surface area contributed by atoms with Crippen molar-refractivity contribution in [2.24, 2.45) is 0 Å². The fourth-order valence-corrected chi connectivity index (χ4v) is 41.0. The molecule has 1 aliphatic heterocycles. The summed E-state index contributed by atoms with van der Waals surface area (Å²) in [6.07, 6.45) is 8.07. The van der Waals surface area contributed by atoms with Gasteiger partial charge in [-0.15, -0.1) is 0 Å². The molecular formula is C39H42HfSi. The van der Waals surface area contributed by atoms with Crippen LogP contribution in [0.15, 0.2) is 95.3 Å². The standard InChI is InChI=1S/C37H36Si.2CH3.Hf/c1-5-6-21-38(4,32-22-30-9-7-11-34(36(30)24-32)28-17-13-26(2)14-18-28)33-23-31-10-8-12-35(37(31)25-33)29-19-15-27(3)16-20-29;;;/h7-20,22-25H,5-6,21H2,1-4H3;2*1H3;. The van der Waals surface area contributed by atoms with E-state index in [1.807, 2.05) is 10.4 Å². The quantitative estimate of drug-likeness (QED) is 0.180. The molecule has 7 rings (SSSR count). The van der Waals surface area contributed by atoms with Crippen molar-refractivity contribution >= 4 is 20.2 Å². The van der Waals surface area contributed by atoms with Crippen LogP contribution in [0.2, 0.25) is 22.0 Å². The Hall–Kier alpha value is -2.55. The average molecular weight is 717 g/mol. The number of rotatable bonds is 5. The minimum absolute atomic E-state index is 0.688. The van der Waals surface area contributed by atoms with Crippen molar-refractivity contribution in [1.29, 1.82) is 0 Å². The predicted molar refractivity (Wildman–Crippen MR) is 178 cm³/mol. The van der Waals surface area contributed by atoms with Gasteiger partial charge in [-0.2, -0.15) is 0 Å². The second-order valence-electron chi connectivity index (χ2n) is 13.7. The maximum atomic E-state index is 2.79. The van der Waals surface area contributed by atoms with Gasteiger partial charge in [0, 0.05) is 0 Å². The summed E-state index contributed by atoms with van der Waals surface area (Å²) in [6.45, 7) is 9.50. The average Bonchev–Trinajstić information content (AvgIpc) is 3.58. The van der Waals surface area contributed by atoms with Gasteiger partial charge in [0.05, 0.1) is 0 Å². The molecule has 0 spiro atoms. The molecule has 41 heavy (non-hydrogen) atoms. The van der Waals surface area contributed by atoms with E-state index in [4.69, 9.17) is 0 Å². The van der Waals surface area contributed by atoms with E-state index in [9.17, 15) is 0 Å². The van der Waals surface area contributed by atoms with Gasteiger partial charge in [0.2, 0.25) is 0 Å². The zero-order chi connectivity index (χ0) is 28.5. The summed E-state index contributed by atoms with van der Waals surface area (Å²) >= 11 is -3.01. The van der Waals surface area contributed by atoms with Gasteiger partial charge >= 0.3 is 254 Å². The Morgan fingerprint density at radius 3 is 1.49 bits per heavy atom.